The molecule has 2 aliphatic carbocycles. The van der Waals surface area contributed by atoms with Gasteiger partial charge < -0.3 is 10.2 Å². The van der Waals surface area contributed by atoms with Gasteiger partial charge in [0.1, 0.15) is 0 Å². The van der Waals surface area contributed by atoms with Crippen molar-refractivity contribution >= 4 is 11.6 Å². The lowest BCUT2D eigenvalue weighted by Gasteiger charge is -2.35. The summed E-state index contributed by atoms with van der Waals surface area (Å²) >= 11 is 0. The van der Waals surface area contributed by atoms with Gasteiger partial charge in [-0.3, -0.25) is 9.59 Å². The number of carbonyl (C=O) groups excluding carboxylic acids is 2. The van der Waals surface area contributed by atoms with E-state index in [4.69, 9.17) is 0 Å². The van der Waals surface area contributed by atoms with Gasteiger partial charge in [0, 0.05) is 11.8 Å². The van der Waals surface area contributed by atoms with Crippen molar-refractivity contribution < 1.29 is 19.8 Å². The zero-order valence-electron chi connectivity index (χ0n) is 10.4. The molecule has 3 unspecified atom stereocenters. The Morgan fingerprint density at radius 3 is 2.35 bits per heavy atom. The second-order valence-electron chi connectivity index (χ2n) is 5.82. The largest absolute Gasteiger partial charge is 0.392 e. The van der Waals surface area contributed by atoms with Gasteiger partial charge in [0.15, 0.2) is 11.6 Å². The van der Waals surface area contributed by atoms with Crippen LogP contribution in [0.1, 0.15) is 33.6 Å². The summed E-state index contributed by atoms with van der Waals surface area (Å²) in [5, 5.41) is 20.1. The van der Waals surface area contributed by atoms with Crippen molar-refractivity contribution in [1.82, 2.24) is 0 Å². The summed E-state index contributed by atoms with van der Waals surface area (Å²) in [7, 11) is 0. The molecule has 2 N–H and O–H groups in total. The monoisotopic (exact) mass is 238 g/mol. The lowest BCUT2D eigenvalue weighted by atomic mass is 9.68. The highest BCUT2D eigenvalue weighted by Gasteiger charge is 2.61. The molecule has 0 saturated heterocycles. The van der Waals surface area contributed by atoms with E-state index in [0.717, 1.165) is 0 Å². The highest BCUT2D eigenvalue weighted by Crippen LogP contribution is 2.52. The number of hydrogen-bond donors (Lipinski definition) is 2. The lowest BCUT2D eigenvalue weighted by Crippen LogP contribution is -2.45. The van der Waals surface area contributed by atoms with Gasteiger partial charge in [0.05, 0.1) is 17.6 Å². The highest BCUT2D eigenvalue weighted by molar-refractivity contribution is 6.04. The van der Waals surface area contributed by atoms with E-state index in [1.165, 1.54) is 6.08 Å². The summed E-state index contributed by atoms with van der Waals surface area (Å²) < 4.78 is 0. The van der Waals surface area contributed by atoms with Crippen molar-refractivity contribution in [1.29, 1.82) is 0 Å². The van der Waals surface area contributed by atoms with E-state index in [1.807, 2.05) is 0 Å². The summed E-state index contributed by atoms with van der Waals surface area (Å²) in [5.41, 5.74) is -1.50. The van der Waals surface area contributed by atoms with E-state index in [9.17, 15) is 19.8 Å². The number of rotatable bonds is 0. The van der Waals surface area contributed by atoms with E-state index in [-0.39, 0.29) is 24.4 Å². The third kappa shape index (κ3) is 1.51. The van der Waals surface area contributed by atoms with Crippen molar-refractivity contribution in [2.45, 2.75) is 45.8 Å². The van der Waals surface area contributed by atoms with Crippen LogP contribution in [-0.2, 0) is 9.59 Å². The number of carbonyl (C=O) groups is 2. The van der Waals surface area contributed by atoms with E-state index in [2.05, 4.69) is 0 Å². The van der Waals surface area contributed by atoms with Crippen molar-refractivity contribution in [3.8, 4) is 0 Å². The average Bonchev–Trinajstić information content (AvgIpc) is 2.39. The second-order valence-corrected chi connectivity index (χ2v) is 5.82. The zero-order valence-corrected chi connectivity index (χ0v) is 10.4. The molecule has 4 heteroatoms. The smallest absolute Gasteiger partial charge is 0.159 e. The van der Waals surface area contributed by atoms with Gasteiger partial charge in [0.25, 0.3) is 0 Å². The van der Waals surface area contributed by atoms with Gasteiger partial charge in [0.2, 0.25) is 0 Å². The SMILES string of the molecule is CC1=CC(O)C2(CC1=O)CC(O)C(C)(C)C2=O. The Morgan fingerprint density at radius 2 is 1.88 bits per heavy atom. The molecule has 1 spiro atoms. The predicted molar refractivity (Wildman–Crippen MR) is 61.2 cm³/mol. The van der Waals surface area contributed by atoms with Crippen LogP contribution in [0.2, 0.25) is 0 Å². The topological polar surface area (TPSA) is 74.6 Å². The van der Waals surface area contributed by atoms with Gasteiger partial charge >= 0.3 is 0 Å². The molecule has 17 heavy (non-hydrogen) atoms. The first-order chi connectivity index (χ1) is 7.71. The maximum atomic E-state index is 12.4. The predicted octanol–water partition coefficient (Wildman–Crippen LogP) is 0.613. The third-order valence-electron chi connectivity index (χ3n) is 4.32. The van der Waals surface area contributed by atoms with Crippen LogP contribution in [0.4, 0.5) is 0 Å². The Morgan fingerprint density at radius 1 is 1.29 bits per heavy atom. The summed E-state index contributed by atoms with van der Waals surface area (Å²) in [6.07, 6.45) is -0.156. The molecule has 0 heterocycles. The van der Waals surface area contributed by atoms with Crippen LogP contribution in [0.25, 0.3) is 0 Å². The van der Waals surface area contributed by atoms with Crippen molar-refractivity contribution in [3.63, 3.8) is 0 Å². The molecule has 2 aliphatic rings. The lowest BCUT2D eigenvalue weighted by molar-refractivity contribution is -0.141. The molecule has 3 atom stereocenters. The first-order valence-electron chi connectivity index (χ1n) is 5.84. The Labute approximate surface area is 100 Å². The number of ketones is 2. The Balaban J connectivity index is 2.47. The summed E-state index contributed by atoms with van der Waals surface area (Å²) in [4.78, 5) is 24.1. The standard InChI is InChI=1S/C13H18O4/c1-7-4-9(15)13(5-8(7)14)6-10(16)12(2,3)11(13)17/h4,9-10,15-16H,5-6H2,1-3H3. The van der Waals surface area contributed by atoms with E-state index in [1.54, 1.807) is 20.8 Å². The van der Waals surface area contributed by atoms with Crippen LogP contribution in [0.3, 0.4) is 0 Å². The van der Waals surface area contributed by atoms with Crippen LogP contribution < -0.4 is 0 Å². The number of hydrogen-bond acceptors (Lipinski definition) is 4. The molecule has 0 aromatic carbocycles. The minimum Gasteiger partial charge on any atom is -0.392 e. The van der Waals surface area contributed by atoms with Gasteiger partial charge in [-0.25, -0.2) is 0 Å². The summed E-state index contributed by atoms with van der Waals surface area (Å²) in [5.74, 6) is -0.323. The molecule has 1 fully saturated rings. The van der Waals surface area contributed by atoms with Crippen LogP contribution in [0.15, 0.2) is 11.6 Å². The molecular weight excluding hydrogens is 220 g/mol. The number of Topliss-reactive ketones (excluding diaryl/α,β-unsaturated/α-hetero) is 2. The fraction of sp³-hybridized carbons (Fsp3) is 0.692. The van der Waals surface area contributed by atoms with Crippen LogP contribution >= 0.6 is 0 Å². The minimum absolute atomic E-state index is 0.00975. The highest BCUT2D eigenvalue weighted by atomic mass is 16.3. The molecule has 4 nitrogen and oxygen atoms in total. The van der Waals surface area contributed by atoms with Gasteiger partial charge in [-0.2, -0.15) is 0 Å². The van der Waals surface area contributed by atoms with Gasteiger partial charge in [-0.1, -0.05) is 13.8 Å². The third-order valence-corrected chi connectivity index (χ3v) is 4.32. The van der Waals surface area contributed by atoms with Gasteiger partial charge in [-0.05, 0) is 25.0 Å². The number of aliphatic hydroxyl groups excluding tert-OH is 2. The Hall–Kier alpha value is -1.00. The van der Waals surface area contributed by atoms with E-state index < -0.39 is 23.0 Å². The second kappa shape index (κ2) is 3.50. The normalized spacial score (nSPS) is 40.9. The molecule has 0 aromatic rings. The fourth-order valence-corrected chi connectivity index (χ4v) is 2.91. The maximum absolute atomic E-state index is 12.4. The average molecular weight is 238 g/mol. The summed E-state index contributed by atoms with van der Waals surface area (Å²) in [6.45, 7) is 4.97. The molecular formula is C13H18O4. The number of aliphatic hydroxyl groups is 2. The first kappa shape index (κ1) is 12.5. The van der Waals surface area contributed by atoms with E-state index in [0.29, 0.717) is 5.57 Å². The van der Waals surface area contributed by atoms with Crippen molar-refractivity contribution in [3.05, 3.63) is 11.6 Å². The summed E-state index contributed by atoms with van der Waals surface area (Å²) in [6, 6.07) is 0. The van der Waals surface area contributed by atoms with Crippen molar-refractivity contribution in [2.75, 3.05) is 0 Å². The minimum atomic E-state index is -1.11. The molecule has 94 valence electrons. The number of allylic oxidation sites excluding steroid dienone is 1. The molecule has 1 saturated carbocycles. The zero-order chi connectivity index (χ0) is 13.0. The van der Waals surface area contributed by atoms with Gasteiger partial charge in [-0.15, -0.1) is 0 Å². The molecule has 0 aliphatic heterocycles. The van der Waals surface area contributed by atoms with Crippen LogP contribution in [-0.4, -0.2) is 34.0 Å². The van der Waals surface area contributed by atoms with Crippen LogP contribution in [0.5, 0.6) is 0 Å². The molecule has 0 radical (unpaired) electrons. The Kier molecular flexibility index (Phi) is 2.56. The van der Waals surface area contributed by atoms with E-state index >= 15 is 0 Å². The molecule has 2 rings (SSSR count). The molecule has 0 bridgehead atoms. The quantitative estimate of drug-likeness (QED) is 0.648. The Bertz CT molecular complexity index is 421. The maximum Gasteiger partial charge on any atom is 0.159 e. The fourth-order valence-electron chi connectivity index (χ4n) is 2.91. The van der Waals surface area contributed by atoms with Crippen molar-refractivity contribution in [2.24, 2.45) is 10.8 Å². The molecule has 0 amide bonds. The molecule has 0 aromatic heterocycles. The van der Waals surface area contributed by atoms with Crippen LogP contribution in [0, 0.1) is 10.8 Å². The first-order valence-corrected chi connectivity index (χ1v) is 5.84.